The summed E-state index contributed by atoms with van der Waals surface area (Å²) in [6.07, 6.45) is 12.2. The summed E-state index contributed by atoms with van der Waals surface area (Å²) in [6, 6.07) is 3.64. The predicted molar refractivity (Wildman–Crippen MR) is 87.5 cm³/mol. The van der Waals surface area contributed by atoms with Crippen LogP contribution in [-0.2, 0) is 0 Å². The molecule has 0 atom stereocenters. The van der Waals surface area contributed by atoms with Gasteiger partial charge < -0.3 is 5.11 Å². The molecule has 0 aliphatic rings. The van der Waals surface area contributed by atoms with Gasteiger partial charge >= 0.3 is 5.97 Å². The Morgan fingerprint density at radius 3 is 2.35 bits per heavy atom. The second-order valence-corrected chi connectivity index (χ2v) is 6.19. The second kappa shape index (κ2) is 9.76. The standard InChI is InChI=1S/C17H26O2S/c1-3-5-6-7-8-9-10-11-14(4-2)15-12-13-16(20-15)17(18)19/h11-13H,3-10H2,1-2H3,(H,18,19)/b14-11+. The number of unbranched alkanes of at least 4 members (excludes halogenated alkanes) is 6. The van der Waals surface area contributed by atoms with Crippen molar-refractivity contribution in [2.24, 2.45) is 0 Å². The first-order valence-corrected chi connectivity index (χ1v) is 8.53. The molecule has 0 aliphatic heterocycles. The third kappa shape index (κ3) is 5.91. The largest absolute Gasteiger partial charge is 0.477 e. The monoisotopic (exact) mass is 294 g/mol. The molecule has 1 aromatic rings. The van der Waals surface area contributed by atoms with Gasteiger partial charge in [-0.3, -0.25) is 0 Å². The summed E-state index contributed by atoms with van der Waals surface area (Å²) < 4.78 is 0. The van der Waals surface area contributed by atoms with Crippen molar-refractivity contribution in [3.8, 4) is 0 Å². The van der Waals surface area contributed by atoms with Crippen LogP contribution in [0.25, 0.3) is 5.57 Å². The molecule has 0 saturated carbocycles. The van der Waals surface area contributed by atoms with Crippen LogP contribution in [0, 0.1) is 0 Å². The van der Waals surface area contributed by atoms with E-state index in [0.717, 1.165) is 17.7 Å². The molecule has 2 nitrogen and oxygen atoms in total. The quantitative estimate of drug-likeness (QED) is 0.538. The van der Waals surface area contributed by atoms with Crippen molar-refractivity contribution in [1.29, 1.82) is 0 Å². The number of carboxylic acid groups (broad SMARTS) is 1. The van der Waals surface area contributed by atoms with E-state index in [1.807, 2.05) is 6.07 Å². The van der Waals surface area contributed by atoms with E-state index in [-0.39, 0.29) is 0 Å². The van der Waals surface area contributed by atoms with Gasteiger partial charge in [0.05, 0.1) is 0 Å². The Morgan fingerprint density at radius 1 is 1.10 bits per heavy atom. The molecule has 0 aliphatic carbocycles. The molecule has 1 N–H and O–H groups in total. The van der Waals surface area contributed by atoms with E-state index >= 15 is 0 Å². The maximum absolute atomic E-state index is 10.9. The fourth-order valence-electron chi connectivity index (χ4n) is 2.25. The zero-order valence-corrected chi connectivity index (χ0v) is 13.5. The summed E-state index contributed by atoms with van der Waals surface area (Å²) in [6.45, 7) is 4.37. The Bertz CT molecular complexity index is 432. The van der Waals surface area contributed by atoms with Gasteiger partial charge in [-0.2, -0.15) is 0 Å². The topological polar surface area (TPSA) is 37.3 Å². The van der Waals surface area contributed by atoms with Crippen molar-refractivity contribution in [2.45, 2.75) is 65.2 Å². The highest BCUT2D eigenvalue weighted by atomic mass is 32.1. The van der Waals surface area contributed by atoms with Gasteiger partial charge in [0, 0.05) is 4.88 Å². The van der Waals surface area contributed by atoms with E-state index in [0.29, 0.717) is 4.88 Å². The van der Waals surface area contributed by atoms with Crippen LogP contribution in [0.1, 0.15) is 79.8 Å². The number of thiophene rings is 1. The molecule has 20 heavy (non-hydrogen) atoms. The van der Waals surface area contributed by atoms with Crippen LogP contribution >= 0.6 is 11.3 Å². The fraction of sp³-hybridized carbons (Fsp3) is 0.588. The molecule has 1 heterocycles. The van der Waals surface area contributed by atoms with Crippen LogP contribution < -0.4 is 0 Å². The normalized spacial score (nSPS) is 11.8. The number of aromatic carboxylic acids is 1. The minimum atomic E-state index is -0.826. The number of hydrogen-bond acceptors (Lipinski definition) is 2. The molecule has 0 radical (unpaired) electrons. The molecule has 0 aromatic carbocycles. The summed E-state index contributed by atoms with van der Waals surface area (Å²) in [5, 5.41) is 8.96. The minimum Gasteiger partial charge on any atom is -0.477 e. The molecular weight excluding hydrogens is 268 g/mol. The SMILES string of the molecule is CCCCCCCC/C=C(\CC)c1ccc(C(=O)O)s1. The number of rotatable bonds is 10. The van der Waals surface area contributed by atoms with Crippen molar-refractivity contribution >= 4 is 22.9 Å². The van der Waals surface area contributed by atoms with Crippen molar-refractivity contribution < 1.29 is 9.90 Å². The van der Waals surface area contributed by atoms with Crippen LogP contribution in [0.15, 0.2) is 18.2 Å². The summed E-state index contributed by atoms with van der Waals surface area (Å²) in [7, 11) is 0. The molecule has 0 bridgehead atoms. The average molecular weight is 294 g/mol. The summed E-state index contributed by atoms with van der Waals surface area (Å²) in [4.78, 5) is 12.4. The summed E-state index contributed by atoms with van der Waals surface area (Å²) in [5.41, 5.74) is 1.29. The molecule has 112 valence electrons. The van der Waals surface area contributed by atoms with Crippen LogP contribution in [0.3, 0.4) is 0 Å². The van der Waals surface area contributed by atoms with Gasteiger partial charge in [0.1, 0.15) is 4.88 Å². The average Bonchev–Trinajstić information content (AvgIpc) is 2.92. The summed E-state index contributed by atoms with van der Waals surface area (Å²) >= 11 is 1.38. The highest BCUT2D eigenvalue weighted by molar-refractivity contribution is 7.15. The molecule has 1 aromatic heterocycles. The molecule has 0 saturated heterocycles. The van der Waals surface area contributed by atoms with E-state index in [1.54, 1.807) is 6.07 Å². The first kappa shape index (κ1) is 17.0. The first-order valence-electron chi connectivity index (χ1n) is 7.71. The molecular formula is C17H26O2S. The third-order valence-corrected chi connectivity index (χ3v) is 4.61. The van der Waals surface area contributed by atoms with Crippen molar-refractivity contribution in [2.75, 3.05) is 0 Å². The first-order chi connectivity index (χ1) is 9.69. The lowest BCUT2D eigenvalue weighted by molar-refractivity contribution is 0.0702. The van der Waals surface area contributed by atoms with E-state index < -0.39 is 5.97 Å². The molecule has 0 fully saturated rings. The number of hydrogen-bond donors (Lipinski definition) is 1. The maximum Gasteiger partial charge on any atom is 0.345 e. The van der Waals surface area contributed by atoms with Gasteiger partial charge in [-0.1, -0.05) is 52.0 Å². The van der Waals surface area contributed by atoms with E-state index in [2.05, 4.69) is 19.9 Å². The highest BCUT2D eigenvalue weighted by Gasteiger charge is 2.08. The van der Waals surface area contributed by atoms with E-state index in [4.69, 9.17) is 5.11 Å². The zero-order valence-electron chi connectivity index (χ0n) is 12.7. The Kier molecular flexibility index (Phi) is 8.28. The Labute approximate surface area is 126 Å². The lowest BCUT2D eigenvalue weighted by atomic mass is 10.1. The number of carboxylic acids is 1. The van der Waals surface area contributed by atoms with Gasteiger partial charge in [0.25, 0.3) is 0 Å². The van der Waals surface area contributed by atoms with Gasteiger partial charge in [-0.05, 0) is 37.0 Å². The Balaban J connectivity index is 2.40. The van der Waals surface area contributed by atoms with Gasteiger partial charge in [-0.15, -0.1) is 11.3 Å². The van der Waals surface area contributed by atoms with Crippen molar-refractivity contribution in [1.82, 2.24) is 0 Å². The van der Waals surface area contributed by atoms with E-state index in [1.165, 1.54) is 55.4 Å². The lowest BCUT2D eigenvalue weighted by Gasteiger charge is -2.02. The summed E-state index contributed by atoms with van der Waals surface area (Å²) in [5.74, 6) is -0.826. The predicted octanol–water partition coefficient (Wildman–Crippen LogP) is 5.99. The molecule has 1 rings (SSSR count). The van der Waals surface area contributed by atoms with Gasteiger partial charge in [-0.25, -0.2) is 4.79 Å². The molecule has 3 heteroatoms. The molecule has 0 unspecified atom stereocenters. The van der Waals surface area contributed by atoms with Gasteiger partial charge in [0.2, 0.25) is 0 Å². The van der Waals surface area contributed by atoms with Crippen molar-refractivity contribution in [3.63, 3.8) is 0 Å². The Morgan fingerprint density at radius 2 is 1.75 bits per heavy atom. The maximum atomic E-state index is 10.9. The number of carbonyl (C=O) groups is 1. The Hall–Kier alpha value is -1.09. The smallest absolute Gasteiger partial charge is 0.345 e. The fourth-order valence-corrected chi connectivity index (χ4v) is 3.20. The zero-order chi connectivity index (χ0) is 14.8. The van der Waals surface area contributed by atoms with Crippen molar-refractivity contribution in [3.05, 3.63) is 28.0 Å². The number of allylic oxidation sites excluding steroid dienone is 2. The molecule has 0 amide bonds. The van der Waals surface area contributed by atoms with Crippen LogP contribution in [-0.4, -0.2) is 11.1 Å². The third-order valence-electron chi connectivity index (χ3n) is 3.46. The minimum absolute atomic E-state index is 0.430. The molecule has 0 spiro atoms. The van der Waals surface area contributed by atoms with Crippen LogP contribution in [0.2, 0.25) is 0 Å². The van der Waals surface area contributed by atoms with Crippen LogP contribution in [0.4, 0.5) is 0 Å². The highest BCUT2D eigenvalue weighted by Crippen LogP contribution is 2.27. The van der Waals surface area contributed by atoms with Gasteiger partial charge in [0.15, 0.2) is 0 Å². The second-order valence-electron chi connectivity index (χ2n) is 5.11. The van der Waals surface area contributed by atoms with E-state index in [9.17, 15) is 4.79 Å². The lowest BCUT2D eigenvalue weighted by Crippen LogP contribution is -1.89. The van der Waals surface area contributed by atoms with Crippen LogP contribution in [0.5, 0.6) is 0 Å².